The predicted molar refractivity (Wildman–Crippen MR) is 69.4 cm³/mol. The molecule has 0 aromatic heterocycles. The Bertz CT molecular complexity index is 479. The van der Waals surface area contributed by atoms with Crippen molar-refractivity contribution in [2.75, 3.05) is 6.61 Å². The van der Waals surface area contributed by atoms with Crippen molar-refractivity contribution in [2.24, 2.45) is 0 Å². The Hall–Kier alpha value is -0.370. The summed E-state index contributed by atoms with van der Waals surface area (Å²) in [5.41, 5.74) is 0. The third kappa shape index (κ3) is 3.38. The number of halogens is 8. The van der Waals surface area contributed by atoms with Crippen molar-refractivity contribution in [3.63, 3.8) is 0 Å². The molecule has 1 rings (SSSR count). The van der Waals surface area contributed by atoms with Gasteiger partial charge in [0.05, 0.1) is 0 Å². The topological polar surface area (TPSA) is 55.8 Å². The third-order valence-corrected chi connectivity index (χ3v) is 4.54. The first-order chi connectivity index (χ1) is 10.0. The summed E-state index contributed by atoms with van der Waals surface area (Å²) in [4.78, 5) is 11.7. The molecule has 0 radical (unpaired) electrons. The van der Waals surface area contributed by atoms with Crippen LogP contribution in [0.3, 0.4) is 0 Å². The van der Waals surface area contributed by atoms with E-state index >= 15 is 0 Å². The van der Waals surface area contributed by atoms with Crippen LogP contribution in [-0.4, -0.2) is 51.0 Å². The average Bonchev–Trinajstić information content (AvgIpc) is 2.38. The SMILES string of the molecule is CCC(C)(I)C(=O)OC1C(F)(F)COC(O)(C(F)(F)F)C1(F)F. The molecule has 1 N–H and O–H groups in total. The average molecular weight is 468 g/mol. The number of carbonyl (C=O) groups excluding carboxylic acids is 1. The van der Waals surface area contributed by atoms with Gasteiger partial charge in [0.25, 0.3) is 0 Å². The lowest BCUT2D eigenvalue weighted by Gasteiger charge is -2.46. The molecule has 3 atom stereocenters. The Morgan fingerprint density at radius 3 is 2.22 bits per heavy atom. The Morgan fingerprint density at radius 1 is 1.35 bits per heavy atom. The summed E-state index contributed by atoms with van der Waals surface area (Å²) in [7, 11) is 0. The number of rotatable bonds is 3. The molecule has 136 valence electrons. The highest BCUT2D eigenvalue weighted by molar-refractivity contribution is 14.1. The van der Waals surface area contributed by atoms with Gasteiger partial charge in [-0.05, 0) is 13.3 Å². The quantitative estimate of drug-likeness (QED) is 0.300. The smallest absolute Gasteiger partial charge is 0.448 e. The van der Waals surface area contributed by atoms with E-state index in [9.17, 15) is 35.5 Å². The first kappa shape index (κ1) is 20.7. The Kier molecular flexibility index (Phi) is 5.27. The van der Waals surface area contributed by atoms with Crippen LogP contribution in [0.1, 0.15) is 20.3 Å². The molecular formula is C11H12F7IO4. The molecule has 1 aliphatic rings. The molecule has 4 nitrogen and oxygen atoms in total. The van der Waals surface area contributed by atoms with Gasteiger partial charge in [-0.15, -0.1) is 0 Å². The number of ether oxygens (including phenoxy) is 2. The summed E-state index contributed by atoms with van der Waals surface area (Å²) >= 11 is 1.43. The summed E-state index contributed by atoms with van der Waals surface area (Å²) in [5, 5.41) is 9.09. The van der Waals surface area contributed by atoms with Crippen LogP contribution >= 0.6 is 22.6 Å². The van der Waals surface area contributed by atoms with Gasteiger partial charge < -0.3 is 14.6 Å². The lowest BCUT2D eigenvalue weighted by Crippen LogP contribution is -2.74. The van der Waals surface area contributed by atoms with Crippen LogP contribution in [-0.2, 0) is 14.3 Å². The van der Waals surface area contributed by atoms with Gasteiger partial charge in [-0.25, -0.2) is 0 Å². The van der Waals surface area contributed by atoms with E-state index in [-0.39, 0.29) is 6.42 Å². The van der Waals surface area contributed by atoms with Gasteiger partial charge in [0.15, 0.2) is 0 Å². The first-order valence-electron chi connectivity index (χ1n) is 6.11. The van der Waals surface area contributed by atoms with E-state index in [2.05, 4.69) is 9.47 Å². The molecule has 12 heteroatoms. The van der Waals surface area contributed by atoms with Crippen LogP contribution < -0.4 is 0 Å². The standard InChI is InChI=1S/C11H12F7IO4/c1-3-7(2,19)6(20)23-5-8(12,13)4-22-10(21,9(5,14)15)11(16,17)18/h5,21H,3-4H2,1-2H3. The summed E-state index contributed by atoms with van der Waals surface area (Å²) in [6.07, 6.45) is -9.93. The molecular weight excluding hydrogens is 456 g/mol. The summed E-state index contributed by atoms with van der Waals surface area (Å²) in [5.74, 6) is -17.0. The summed E-state index contributed by atoms with van der Waals surface area (Å²) in [6.45, 7) is 0.391. The number of aliphatic hydroxyl groups is 1. The van der Waals surface area contributed by atoms with Gasteiger partial charge in [0, 0.05) is 0 Å². The molecule has 0 aromatic carbocycles. The zero-order chi connectivity index (χ0) is 18.5. The fourth-order valence-electron chi connectivity index (χ4n) is 1.62. The van der Waals surface area contributed by atoms with E-state index in [4.69, 9.17) is 5.11 Å². The van der Waals surface area contributed by atoms with Crippen LogP contribution in [0.2, 0.25) is 0 Å². The molecule has 0 spiro atoms. The maximum Gasteiger partial charge on any atom is 0.449 e. The fraction of sp³-hybridized carbons (Fsp3) is 0.909. The maximum atomic E-state index is 13.9. The van der Waals surface area contributed by atoms with Gasteiger partial charge in [-0.2, -0.15) is 30.7 Å². The monoisotopic (exact) mass is 468 g/mol. The zero-order valence-corrected chi connectivity index (χ0v) is 13.8. The van der Waals surface area contributed by atoms with E-state index in [1.165, 1.54) is 36.4 Å². The first-order valence-corrected chi connectivity index (χ1v) is 7.19. The van der Waals surface area contributed by atoms with Crippen LogP contribution in [0, 0.1) is 0 Å². The molecule has 0 amide bonds. The lowest BCUT2D eigenvalue weighted by molar-refractivity contribution is -0.479. The normalized spacial score (nSPS) is 32.9. The van der Waals surface area contributed by atoms with Gasteiger partial charge in [-0.1, -0.05) is 29.5 Å². The molecule has 0 bridgehead atoms. The Labute approximate surface area is 139 Å². The van der Waals surface area contributed by atoms with Crippen molar-refractivity contribution in [3.05, 3.63) is 0 Å². The largest absolute Gasteiger partial charge is 0.449 e. The number of alkyl halides is 8. The lowest BCUT2D eigenvalue weighted by atomic mass is 9.93. The summed E-state index contributed by atoms with van der Waals surface area (Å²) in [6, 6.07) is 0. The highest BCUT2D eigenvalue weighted by Crippen LogP contribution is 2.52. The molecule has 0 aromatic rings. The number of hydrogen-bond acceptors (Lipinski definition) is 4. The van der Waals surface area contributed by atoms with E-state index in [1.807, 2.05) is 0 Å². The minimum atomic E-state index is -6.09. The van der Waals surface area contributed by atoms with Gasteiger partial charge in [0.2, 0.25) is 6.10 Å². The van der Waals surface area contributed by atoms with E-state index in [1.54, 1.807) is 0 Å². The van der Waals surface area contributed by atoms with Crippen molar-refractivity contribution in [2.45, 2.75) is 53.6 Å². The van der Waals surface area contributed by atoms with Crippen molar-refractivity contribution >= 4 is 28.6 Å². The second-order valence-corrected chi connectivity index (χ2v) is 7.53. The zero-order valence-electron chi connectivity index (χ0n) is 11.7. The molecule has 23 heavy (non-hydrogen) atoms. The van der Waals surface area contributed by atoms with Crippen LogP contribution in [0.5, 0.6) is 0 Å². The summed E-state index contributed by atoms with van der Waals surface area (Å²) < 4.78 is 98.7. The van der Waals surface area contributed by atoms with Crippen molar-refractivity contribution in [1.29, 1.82) is 0 Å². The second kappa shape index (κ2) is 5.86. The molecule has 3 unspecified atom stereocenters. The highest BCUT2D eigenvalue weighted by atomic mass is 127. The molecule has 0 saturated carbocycles. The van der Waals surface area contributed by atoms with E-state index < -0.39 is 45.9 Å². The minimum Gasteiger partial charge on any atom is -0.448 e. The number of hydrogen-bond donors (Lipinski definition) is 1. The van der Waals surface area contributed by atoms with Crippen molar-refractivity contribution < 1.29 is 50.1 Å². The third-order valence-electron chi connectivity index (χ3n) is 3.34. The minimum absolute atomic E-state index is 0.0176. The van der Waals surface area contributed by atoms with Crippen LogP contribution in [0.15, 0.2) is 0 Å². The number of carbonyl (C=O) groups is 1. The van der Waals surface area contributed by atoms with Crippen LogP contribution in [0.25, 0.3) is 0 Å². The molecule has 0 aliphatic carbocycles. The highest BCUT2D eigenvalue weighted by Gasteiger charge is 2.81. The Balaban J connectivity index is 3.28. The second-order valence-electron chi connectivity index (χ2n) is 5.15. The number of esters is 1. The molecule has 1 aliphatic heterocycles. The van der Waals surface area contributed by atoms with E-state index in [0.717, 1.165) is 0 Å². The fourth-order valence-corrected chi connectivity index (χ4v) is 1.75. The molecule has 1 saturated heterocycles. The predicted octanol–water partition coefficient (Wildman–Crippen LogP) is 3.05. The van der Waals surface area contributed by atoms with Gasteiger partial charge in [0.1, 0.15) is 10.0 Å². The Morgan fingerprint density at radius 2 is 1.83 bits per heavy atom. The van der Waals surface area contributed by atoms with Crippen molar-refractivity contribution in [3.8, 4) is 0 Å². The maximum absolute atomic E-state index is 13.9. The van der Waals surface area contributed by atoms with E-state index in [0.29, 0.717) is 0 Å². The van der Waals surface area contributed by atoms with Gasteiger partial charge >= 0.3 is 29.8 Å². The van der Waals surface area contributed by atoms with Crippen molar-refractivity contribution in [1.82, 2.24) is 0 Å². The molecule has 1 heterocycles. The molecule has 1 fully saturated rings. The van der Waals surface area contributed by atoms with Crippen LogP contribution in [0.4, 0.5) is 30.7 Å². The van der Waals surface area contributed by atoms with Gasteiger partial charge in [-0.3, -0.25) is 4.79 Å².